The Morgan fingerprint density at radius 2 is 1.93 bits per heavy atom. The molecule has 1 aliphatic carbocycles. The van der Waals surface area contributed by atoms with E-state index in [1.807, 2.05) is 0 Å². The van der Waals surface area contributed by atoms with Gasteiger partial charge in [0, 0.05) is 6.04 Å². The minimum absolute atomic E-state index is 0.0974. The molecule has 2 aliphatic rings. The second-order valence-corrected chi connectivity index (χ2v) is 6.53. The van der Waals surface area contributed by atoms with Gasteiger partial charge in [-0.05, 0) is 25.0 Å². The van der Waals surface area contributed by atoms with Crippen LogP contribution >= 0.6 is 0 Å². The maximum absolute atomic E-state index is 14.1. The van der Waals surface area contributed by atoms with E-state index in [1.54, 1.807) is 0 Å². The molecule has 1 fully saturated rings. The Kier molecular flexibility index (Phi) is 4.21. The van der Waals surface area contributed by atoms with Gasteiger partial charge in [-0.3, -0.25) is 9.59 Å². The van der Waals surface area contributed by atoms with Crippen molar-refractivity contribution in [2.24, 2.45) is 5.92 Å². The molecule has 0 atom stereocenters. The molecule has 0 spiro atoms. The number of fused-ring (bicyclic) bond motifs is 1. The highest BCUT2D eigenvalue weighted by Crippen LogP contribution is 2.34. The van der Waals surface area contributed by atoms with Gasteiger partial charge in [-0.25, -0.2) is 18.7 Å². The highest BCUT2D eigenvalue weighted by Gasteiger charge is 2.37. The number of aromatic nitrogens is 2. The zero-order chi connectivity index (χ0) is 19.1. The first-order valence-electron chi connectivity index (χ1n) is 8.45. The maximum atomic E-state index is 14.1. The van der Waals surface area contributed by atoms with Crippen LogP contribution in [0.3, 0.4) is 0 Å². The zero-order valence-electron chi connectivity index (χ0n) is 14.4. The van der Waals surface area contributed by atoms with Gasteiger partial charge in [-0.1, -0.05) is 6.07 Å². The van der Waals surface area contributed by atoms with Crippen molar-refractivity contribution in [1.29, 1.82) is 0 Å². The Morgan fingerprint density at radius 3 is 2.59 bits per heavy atom. The van der Waals surface area contributed by atoms with Crippen molar-refractivity contribution in [3.63, 3.8) is 0 Å². The Bertz CT molecular complexity index is 924. The third kappa shape index (κ3) is 2.98. The summed E-state index contributed by atoms with van der Waals surface area (Å²) in [5.74, 6) is -2.34. The summed E-state index contributed by atoms with van der Waals surface area (Å²) in [6, 6.07) is 3.41. The summed E-state index contributed by atoms with van der Waals surface area (Å²) in [4.78, 5) is 32.0. The van der Waals surface area contributed by atoms with Crippen LogP contribution < -0.4 is 10.6 Å². The molecular weight excluding hydrogens is 358 g/mol. The normalized spacial score (nSPS) is 20.5. The number of halogens is 2. The van der Waals surface area contributed by atoms with Crippen LogP contribution in [0.25, 0.3) is 11.4 Å². The van der Waals surface area contributed by atoms with E-state index in [0.29, 0.717) is 18.5 Å². The molecule has 140 valence electrons. The third-order valence-electron chi connectivity index (χ3n) is 4.83. The van der Waals surface area contributed by atoms with Gasteiger partial charge in [0.1, 0.15) is 23.0 Å². The molecule has 1 amide bonds. The number of hydrogen-bond acceptors (Lipinski definition) is 6. The molecule has 0 bridgehead atoms. The largest absolute Gasteiger partial charge is 0.469 e. The summed E-state index contributed by atoms with van der Waals surface area (Å²) in [6.07, 6.45) is 1.05. The second kappa shape index (κ2) is 6.57. The molecule has 27 heavy (non-hydrogen) atoms. The Labute approximate surface area is 153 Å². The predicted molar refractivity (Wildman–Crippen MR) is 90.7 cm³/mol. The molecule has 2 aromatic rings. The van der Waals surface area contributed by atoms with Crippen molar-refractivity contribution >= 4 is 17.7 Å². The molecule has 1 aliphatic heterocycles. The summed E-state index contributed by atoms with van der Waals surface area (Å²) >= 11 is 0. The molecule has 2 N–H and O–H groups in total. The van der Waals surface area contributed by atoms with Crippen LogP contribution in [0, 0.1) is 17.6 Å². The van der Waals surface area contributed by atoms with E-state index < -0.39 is 11.6 Å². The third-order valence-corrected chi connectivity index (χ3v) is 4.83. The van der Waals surface area contributed by atoms with Crippen molar-refractivity contribution in [2.45, 2.75) is 25.4 Å². The van der Waals surface area contributed by atoms with Crippen molar-refractivity contribution in [2.75, 3.05) is 12.4 Å². The topological polar surface area (TPSA) is 93.2 Å². The first-order chi connectivity index (χ1) is 13.0. The lowest BCUT2D eigenvalue weighted by atomic mass is 9.80. The van der Waals surface area contributed by atoms with E-state index in [-0.39, 0.29) is 53.2 Å². The average molecular weight is 374 g/mol. The number of anilines is 1. The molecule has 1 aromatic carbocycles. The van der Waals surface area contributed by atoms with Gasteiger partial charge < -0.3 is 15.4 Å². The van der Waals surface area contributed by atoms with Gasteiger partial charge in [0.25, 0.3) is 5.91 Å². The summed E-state index contributed by atoms with van der Waals surface area (Å²) < 4.78 is 33.0. The van der Waals surface area contributed by atoms with Crippen LogP contribution in [-0.4, -0.2) is 35.0 Å². The predicted octanol–water partition coefficient (Wildman–Crippen LogP) is 2.03. The number of nitrogens with zero attached hydrogens (tertiary/aromatic N) is 2. The number of ether oxygens (including phenoxy) is 1. The van der Waals surface area contributed by atoms with Crippen LogP contribution in [0.2, 0.25) is 0 Å². The van der Waals surface area contributed by atoms with Crippen LogP contribution in [0.1, 0.15) is 28.9 Å². The number of amides is 1. The van der Waals surface area contributed by atoms with E-state index >= 15 is 0 Å². The smallest absolute Gasteiger partial charge is 0.308 e. The maximum Gasteiger partial charge on any atom is 0.308 e. The Balaban J connectivity index is 1.68. The van der Waals surface area contributed by atoms with Gasteiger partial charge in [0.05, 0.1) is 30.8 Å². The number of benzene rings is 1. The number of rotatable bonds is 4. The van der Waals surface area contributed by atoms with Gasteiger partial charge in [-0.2, -0.15) is 0 Å². The fourth-order valence-corrected chi connectivity index (χ4v) is 3.34. The molecule has 0 unspecified atom stereocenters. The first-order valence-corrected chi connectivity index (χ1v) is 8.45. The van der Waals surface area contributed by atoms with Crippen LogP contribution in [0.5, 0.6) is 0 Å². The molecule has 7 nitrogen and oxygen atoms in total. The van der Waals surface area contributed by atoms with Gasteiger partial charge in [0.15, 0.2) is 5.82 Å². The summed E-state index contributed by atoms with van der Waals surface area (Å²) in [5.41, 5.74) is 0.291. The lowest BCUT2D eigenvalue weighted by molar-refractivity contribution is -0.148. The molecule has 1 aromatic heterocycles. The van der Waals surface area contributed by atoms with Crippen molar-refractivity contribution in [3.05, 3.63) is 41.1 Å². The van der Waals surface area contributed by atoms with E-state index in [2.05, 4.69) is 20.6 Å². The lowest BCUT2D eigenvalue weighted by Gasteiger charge is -2.34. The summed E-state index contributed by atoms with van der Waals surface area (Å²) in [7, 11) is 1.33. The number of methoxy groups -OCH3 is 1. The van der Waals surface area contributed by atoms with E-state index in [0.717, 1.165) is 12.1 Å². The number of carbonyl (C=O) groups excluding carboxylic acids is 2. The standard InChI is InChI=1S/C18H16F2N4O3/c1-27-18(26)8-5-9(6-8)22-16-14-12(7-21-17(14)25)23-15(24-16)13-10(19)3-2-4-11(13)20/h2-4,8-9H,5-7H2,1H3,(H,21,25)(H,22,23,24). The first kappa shape index (κ1) is 17.3. The fraction of sp³-hybridized carbons (Fsp3) is 0.333. The van der Waals surface area contributed by atoms with E-state index in [1.165, 1.54) is 13.2 Å². The minimum Gasteiger partial charge on any atom is -0.469 e. The summed E-state index contributed by atoms with van der Waals surface area (Å²) in [5, 5.41) is 5.74. The summed E-state index contributed by atoms with van der Waals surface area (Å²) in [6.45, 7) is 0.157. The zero-order valence-corrected chi connectivity index (χ0v) is 14.4. The molecule has 4 rings (SSSR count). The Morgan fingerprint density at radius 1 is 1.22 bits per heavy atom. The highest BCUT2D eigenvalue weighted by atomic mass is 19.1. The molecule has 0 radical (unpaired) electrons. The van der Waals surface area contributed by atoms with Crippen molar-refractivity contribution in [3.8, 4) is 11.4 Å². The van der Waals surface area contributed by atoms with Gasteiger partial charge >= 0.3 is 5.97 Å². The van der Waals surface area contributed by atoms with Gasteiger partial charge in [0.2, 0.25) is 0 Å². The SMILES string of the molecule is COC(=O)C1CC(Nc2nc(-c3c(F)cccc3F)nc3c2C(=O)NC3)C1. The second-order valence-electron chi connectivity index (χ2n) is 6.53. The molecular formula is C18H16F2N4O3. The van der Waals surface area contributed by atoms with Crippen LogP contribution in [-0.2, 0) is 16.1 Å². The Hall–Kier alpha value is -3.10. The quantitative estimate of drug-likeness (QED) is 0.796. The highest BCUT2D eigenvalue weighted by molar-refractivity contribution is 6.02. The van der Waals surface area contributed by atoms with Crippen molar-refractivity contribution in [1.82, 2.24) is 15.3 Å². The van der Waals surface area contributed by atoms with E-state index in [4.69, 9.17) is 4.74 Å². The molecule has 1 saturated carbocycles. The van der Waals surface area contributed by atoms with E-state index in [9.17, 15) is 18.4 Å². The van der Waals surface area contributed by atoms with Crippen molar-refractivity contribution < 1.29 is 23.1 Å². The molecule has 0 saturated heterocycles. The van der Waals surface area contributed by atoms with Crippen LogP contribution in [0.4, 0.5) is 14.6 Å². The minimum atomic E-state index is -0.785. The number of carbonyl (C=O) groups is 2. The van der Waals surface area contributed by atoms with Gasteiger partial charge in [-0.15, -0.1) is 0 Å². The number of esters is 1. The van der Waals surface area contributed by atoms with Crippen LogP contribution in [0.15, 0.2) is 18.2 Å². The lowest BCUT2D eigenvalue weighted by Crippen LogP contribution is -2.40. The number of nitrogens with one attached hydrogen (secondary N) is 2. The molecule has 2 heterocycles. The number of hydrogen-bond donors (Lipinski definition) is 2. The average Bonchev–Trinajstić information content (AvgIpc) is 2.98. The monoisotopic (exact) mass is 374 g/mol. The molecule has 9 heteroatoms. The fourth-order valence-electron chi connectivity index (χ4n) is 3.34.